The molecule has 21 rings (SSSR count). The van der Waals surface area contributed by atoms with Crippen LogP contribution in [0.25, 0.3) is 111 Å². The number of hydrogen-bond donors (Lipinski definition) is 0. The van der Waals surface area contributed by atoms with Crippen LogP contribution in [-0.4, -0.2) is 253 Å². The second kappa shape index (κ2) is 38.4. The average Bonchev–Trinajstić information content (AvgIpc) is 1.60. The van der Waals surface area contributed by atoms with Crippen LogP contribution in [0.5, 0.6) is 11.5 Å². The number of anilines is 1. The number of amides is 4. The van der Waals surface area contributed by atoms with E-state index in [1.54, 1.807) is 105 Å². The van der Waals surface area contributed by atoms with Gasteiger partial charge in [0.2, 0.25) is 0 Å². The smallest absolute Gasteiger partial charge is 0.328 e. The van der Waals surface area contributed by atoms with E-state index in [0.29, 0.717) is 169 Å². The lowest BCUT2D eigenvalue weighted by molar-refractivity contribution is 0.120. The summed E-state index contributed by atoms with van der Waals surface area (Å²) >= 11 is 0. The molecule has 4 saturated heterocycles. The van der Waals surface area contributed by atoms with Crippen molar-refractivity contribution in [2.45, 2.75) is 53.1 Å². The Morgan fingerprint density at radius 1 is 0.326 bits per heavy atom. The van der Waals surface area contributed by atoms with Gasteiger partial charge in [-0.2, -0.15) is 39.1 Å². The van der Waals surface area contributed by atoms with E-state index >= 15 is 0 Å². The minimum Gasteiger partial charge on any atom is -0.497 e. The lowest BCUT2D eigenvalue weighted by Gasteiger charge is -2.37. The van der Waals surface area contributed by atoms with Crippen LogP contribution in [0.1, 0.15) is 41.0 Å². The van der Waals surface area contributed by atoms with E-state index in [9.17, 15) is 55.9 Å². The lowest BCUT2D eigenvalue weighted by atomic mass is 10.1. The molecule has 0 aliphatic carbocycles. The highest BCUT2D eigenvalue weighted by Crippen LogP contribution is 2.36. The molecule has 12 aliphatic heterocycles. The summed E-state index contributed by atoms with van der Waals surface area (Å²) < 4.78 is 78.3. The standard InChI is InChI=1S/C27H22FN5O2.C25H25F2N5O3.C25H26FN5O3.C24H25N5O2/c28-19-11-12-24-22(17-19)25-23(26(34)33(29-25)21-9-5-2-6-10-21)18-32(24)27(35)31-15-13-30(14-16-31)20-7-3-1-4-8-20;1-15(2)29-8-10-30(11-9-29)25(34)31-14-19-23(18-12-20(26)21(27)13-22(18)31)28-32(24(19)33)16-4-6-17(35-3)7-5-16;1-16(2)28-10-12-29(13-11-28)25(33)30-15-21-23(20-14-17(26)4-9-22(20)30)27-31(24(21)32)18-5-7-19(34-3)8-6-18;1-2-12-26-13-15-27(16-14-26)24(31)28-17-20-22(19-10-6-7-11-21(19)28)25-29(23(20)30)18-8-4-3-5-9-18/h1-12,17-18H,13-16H2;4-7,12-15H,8-11H2,1-3H3;4-9,14-16H,10-13H2,1-3H3;3-11,17H,2,12-16H2,1H3. The summed E-state index contributed by atoms with van der Waals surface area (Å²) in [5, 5.41) is 19.8. The molecular weight excluding hydrogens is 1730 g/mol. The number of ether oxygens (including phenoxy) is 2. The van der Waals surface area contributed by atoms with Crippen molar-refractivity contribution in [3.8, 4) is 79.3 Å². The first-order valence-electron chi connectivity index (χ1n) is 44.9. The molecule has 9 aromatic carbocycles. The van der Waals surface area contributed by atoms with Gasteiger partial charge in [-0.25, -0.2) is 36.7 Å². The second-order valence-electron chi connectivity index (χ2n) is 34.1. The lowest BCUT2D eigenvalue weighted by Crippen LogP contribution is -2.51. The third kappa shape index (κ3) is 17.8. The number of fused-ring (bicyclic) bond motifs is 12. The van der Waals surface area contributed by atoms with Crippen LogP contribution in [0.2, 0.25) is 0 Å². The Labute approximate surface area is 771 Å². The minimum atomic E-state index is -1.08. The van der Waals surface area contributed by atoms with Gasteiger partial charge in [0, 0.05) is 175 Å². The molecule has 690 valence electrons. The molecule has 0 saturated carbocycles. The number of nitrogens with zero attached hydrogens (tertiary/aromatic N) is 20. The first kappa shape index (κ1) is 90.1. The van der Waals surface area contributed by atoms with Crippen molar-refractivity contribution in [1.82, 2.24) is 91.7 Å². The highest BCUT2D eigenvalue weighted by Gasteiger charge is 2.35. The van der Waals surface area contributed by atoms with Crippen LogP contribution in [-0.2, 0) is 0 Å². The van der Waals surface area contributed by atoms with Gasteiger partial charge in [0.05, 0.1) is 81.3 Å². The Bertz CT molecular complexity index is 7370. The molecule has 4 amide bonds. The molecule has 4 fully saturated rings. The van der Waals surface area contributed by atoms with E-state index in [2.05, 4.69) is 86.7 Å². The molecule has 0 bridgehead atoms. The fourth-order valence-electron chi connectivity index (χ4n) is 18.0. The Morgan fingerprint density at radius 3 is 0.993 bits per heavy atom. The van der Waals surface area contributed by atoms with Crippen molar-refractivity contribution in [3.05, 3.63) is 302 Å². The molecule has 12 heterocycles. The fourth-order valence-corrected chi connectivity index (χ4v) is 18.0. The monoisotopic (exact) mass is 1830 g/mol. The van der Waals surface area contributed by atoms with Crippen molar-refractivity contribution < 1.29 is 46.2 Å². The van der Waals surface area contributed by atoms with E-state index in [1.165, 1.54) is 82.4 Å². The van der Waals surface area contributed by atoms with E-state index in [1.807, 2.05) is 95.9 Å². The van der Waals surface area contributed by atoms with E-state index in [-0.39, 0.29) is 68.1 Å². The largest absolute Gasteiger partial charge is 0.497 e. The molecule has 0 N–H and O–H groups in total. The van der Waals surface area contributed by atoms with Crippen LogP contribution in [0, 0.1) is 23.3 Å². The summed E-state index contributed by atoms with van der Waals surface area (Å²) in [5.41, 5.74) is 6.57. The molecule has 9 aromatic rings. The Balaban J connectivity index is 0.000000120. The van der Waals surface area contributed by atoms with E-state index in [4.69, 9.17) is 9.47 Å². The SMILES string of the molecule is CCCN1CCN(C(=O)n2cc3c(=O)n(-c4ccccc4)nc-3c3ccccc32)CC1.COc1ccc(-n2nc3c4cc(F)c(F)cc4n(C(=O)N4CCN(C(C)C)CC4)cc-3c2=O)cc1.COc1ccc(-n2nc3c4cc(F)ccc4n(C(=O)N4CCN(C(C)C)CC4)cc-3c2=O)cc1.O=C(N1CCN(c2ccccc2)CC1)n1cc2c(=O)n(-c3ccccc3)nc-2c2cc(F)ccc21. The second-order valence-corrected chi connectivity index (χ2v) is 34.1. The van der Waals surface area contributed by atoms with Gasteiger partial charge >= 0.3 is 24.1 Å². The highest BCUT2D eigenvalue weighted by atomic mass is 19.2. The first-order chi connectivity index (χ1) is 65.4. The minimum absolute atomic E-state index is 0.0962. The molecule has 0 aromatic heterocycles. The summed E-state index contributed by atoms with van der Waals surface area (Å²) in [5.74, 6) is -1.82. The molecular formula is C101H98F4N20O10. The Morgan fingerprint density at radius 2 is 0.630 bits per heavy atom. The van der Waals surface area contributed by atoms with E-state index < -0.39 is 34.9 Å². The molecule has 30 nitrogen and oxygen atoms in total. The number of rotatable bonds is 11. The predicted octanol–water partition coefficient (Wildman–Crippen LogP) is 14.5. The van der Waals surface area contributed by atoms with Crippen LogP contribution in [0.15, 0.2) is 256 Å². The van der Waals surface area contributed by atoms with Crippen molar-refractivity contribution in [3.63, 3.8) is 0 Å². The number of benzene rings is 9. The topological polar surface area (TPSA) is 272 Å². The molecule has 12 aliphatic rings. The zero-order valence-corrected chi connectivity index (χ0v) is 75.4. The Kier molecular flexibility index (Phi) is 25.6. The zero-order valence-electron chi connectivity index (χ0n) is 75.4. The molecule has 34 heteroatoms. The number of carbonyl (C=O) groups excluding carboxylic acids is 4. The van der Waals surface area contributed by atoms with Gasteiger partial charge in [-0.3, -0.25) is 52.1 Å². The van der Waals surface area contributed by atoms with Gasteiger partial charge in [0.15, 0.2) is 11.6 Å². The van der Waals surface area contributed by atoms with Gasteiger partial charge in [-0.05, 0) is 174 Å². The normalized spacial score (nSPS) is 14.7. The quantitative estimate of drug-likeness (QED) is 0.109. The van der Waals surface area contributed by atoms with Crippen LogP contribution < -0.4 is 36.6 Å². The number of pyridine rings is 4. The van der Waals surface area contributed by atoms with Crippen molar-refractivity contribution in [1.29, 1.82) is 0 Å². The number of carbonyl (C=O) groups is 4. The maximum atomic E-state index is 14.3. The van der Waals surface area contributed by atoms with Gasteiger partial charge < -0.3 is 34.0 Å². The van der Waals surface area contributed by atoms with Crippen LogP contribution in [0.3, 0.4) is 0 Å². The molecule has 0 unspecified atom stereocenters. The van der Waals surface area contributed by atoms with Gasteiger partial charge in [0.1, 0.15) is 45.9 Å². The summed E-state index contributed by atoms with van der Waals surface area (Å²) in [7, 11) is 3.10. The Hall–Kier alpha value is -15.4. The third-order valence-corrected chi connectivity index (χ3v) is 25.4. The number of piperazine rings is 4. The first-order valence-corrected chi connectivity index (χ1v) is 44.9. The van der Waals surface area contributed by atoms with Gasteiger partial charge in [-0.15, -0.1) is 0 Å². The average molecular weight is 1830 g/mol. The highest BCUT2D eigenvalue weighted by molar-refractivity contribution is 6.03. The summed E-state index contributed by atoms with van der Waals surface area (Å²) in [6.07, 6.45) is 7.22. The zero-order chi connectivity index (χ0) is 94.1. The van der Waals surface area contributed by atoms with E-state index in [0.717, 1.165) is 67.9 Å². The third-order valence-electron chi connectivity index (χ3n) is 25.4. The van der Waals surface area contributed by atoms with Crippen LogP contribution in [0.4, 0.5) is 42.4 Å². The van der Waals surface area contributed by atoms with Crippen molar-refractivity contribution in [2.75, 3.05) is 130 Å². The summed E-state index contributed by atoms with van der Waals surface area (Å²) in [6.45, 7) is 22.4. The predicted molar refractivity (Wildman–Crippen MR) is 509 cm³/mol. The maximum absolute atomic E-state index is 14.3. The van der Waals surface area contributed by atoms with Gasteiger partial charge in [0.25, 0.3) is 22.2 Å². The summed E-state index contributed by atoms with van der Waals surface area (Å²) in [4.78, 5) is 123. The van der Waals surface area contributed by atoms with Crippen LogP contribution >= 0.6 is 0 Å². The number of aromatic nitrogens is 12. The summed E-state index contributed by atoms with van der Waals surface area (Å²) in [6, 6.07) is 59.9. The number of methoxy groups -OCH3 is 2. The molecule has 0 spiro atoms. The molecule has 0 radical (unpaired) electrons. The van der Waals surface area contributed by atoms with Crippen molar-refractivity contribution >= 4 is 73.4 Å². The van der Waals surface area contributed by atoms with Gasteiger partial charge in [-0.1, -0.05) is 79.7 Å². The number of halogens is 4. The van der Waals surface area contributed by atoms with Crippen molar-refractivity contribution in [2.24, 2.45) is 0 Å². The number of para-hydroxylation sites is 4. The number of hydrogen-bond acceptors (Lipinski definition) is 18. The molecule has 135 heavy (non-hydrogen) atoms. The molecule has 0 atom stereocenters. The fraction of sp³-hybridized carbons (Fsp3) is 0.267. The maximum Gasteiger partial charge on any atom is 0.328 e.